The number of morpholine rings is 1. The van der Waals surface area contributed by atoms with E-state index in [0.29, 0.717) is 23.4 Å². The Morgan fingerprint density at radius 3 is 2.36 bits per heavy atom. The molecule has 0 bridgehead atoms. The number of rotatable bonds is 9. The molecule has 2 saturated heterocycles. The Morgan fingerprint density at radius 2 is 1.60 bits per heavy atom. The van der Waals surface area contributed by atoms with Crippen LogP contribution in [0.5, 0.6) is 0 Å². The number of halogens is 2. The molecule has 0 aromatic heterocycles. The van der Waals surface area contributed by atoms with E-state index in [2.05, 4.69) is 15.1 Å². The van der Waals surface area contributed by atoms with Crippen LogP contribution in [0.25, 0.3) is 6.08 Å². The molecule has 2 heterocycles. The summed E-state index contributed by atoms with van der Waals surface area (Å²) in [6.45, 7) is 4.88. The number of para-hydroxylation sites is 1. The van der Waals surface area contributed by atoms with E-state index in [1.807, 2.05) is 24.3 Å². The third-order valence-electron chi connectivity index (χ3n) is 9.09. The highest BCUT2D eigenvalue weighted by Gasteiger charge is 2.41. The first-order chi connectivity index (χ1) is 22.0. The third kappa shape index (κ3) is 7.36. The lowest BCUT2D eigenvalue weighted by molar-refractivity contribution is -0.149. The van der Waals surface area contributed by atoms with Gasteiger partial charge in [0.1, 0.15) is 17.7 Å². The summed E-state index contributed by atoms with van der Waals surface area (Å²) >= 11 is 0. The van der Waals surface area contributed by atoms with Crippen molar-refractivity contribution in [1.29, 1.82) is 0 Å². The van der Waals surface area contributed by atoms with Crippen molar-refractivity contribution in [3.8, 4) is 0 Å². The molecule has 6 rings (SSSR count). The number of hydrogen-bond donors (Lipinski definition) is 1. The summed E-state index contributed by atoms with van der Waals surface area (Å²) < 4.78 is 34.8. The zero-order valence-corrected chi connectivity index (χ0v) is 25.5. The monoisotopic (exact) mass is 614 g/mol. The van der Waals surface area contributed by atoms with Crippen LogP contribution in [0.3, 0.4) is 0 Å². The molecule has 2 atom stereocenters. The van der Waals surface area contributed by atoms with E-state index in [1.54, 1.807) is 47.4 Å². The van der Waals surface area contributed by atoms with Gasteiger partial charge in [-0.25, -0.2) is 8.78 Å². The summed E-state index contributed by atoms with van der Waals surface area (Å²) in [6, 6.07) is 20.5. The van der Waals surface area contributed by atoms with Gasteiger partial charge in [-0.2, -0.15) is 0 Å². The summed E-state index contributed by atoms with van der Waals surface area (Å²) in [5.74, 6) is -0.638. The smallest absolute Gasteiger partial charge is 0.289 e. The minimum absolute atomic E-state index is 0.0717. The Balaban J connectivity index is 1.000. The predicted octanol–water partition coefficient (Wildman–Crippen LogP) is 5.62. The molecule has 236 valence electrons. The van der Waals surface area contributed by atoms with Gasteiger partial charge in [0.2, 0.25) is 0 Å². The van der Waals surface area contributed by atoms with Crippen molar-refractivity contribution in [2.24, 2.45) is 0 Å². The Morgan fingerprint density at radius 1 is 0.889 bits per heavy atom. The molecule has 3 fully saturated rings. The first-order valence-corrected chi connectivity index (χ1v) is 16.0. The Labute approximate surface area is 263 Å². The fourth-order valence-corrected chi connectivity index (χ4v) is 6.58. The maximum absolute atomic E-state index is 14.5. The van der Waals surface area contributed by atoms with Crippen LogP contribution in [0.15, 0.2) is 78.6 Å². The molecule has 3 aromatic carbocycles. The van der Waals surface area contributed by atoms with E-state index >= 15 is 0 Å². The van der Waals surface area contributed by atoms with E-state index in [9.17, 15) is 18.4 Å². The number of carbonyl (C=O) groups is 2. The zero-order valence-electron chi connectivity index (χ0n) is 25.5. The molecular formula is C36H40F2N4O3. The summed E-state index contributed by atoms with van der Waals surface area (Å²) in [5.41, 5.74) is 2.45. The lowest BCUT2D eigenvalue weighted by Crippen LogP contribution is -2.54. The highest BCUT2D eigenvalue weighted by atomic mass is 19.1. The SMILES string of the molecule is O=C(NCCCN1CCN(c2ccccc2F)CC1)c1ccc(/C=C2\OC3CCCCC3N(Cc3ccccc3F)C2=O)cc1. The van der Waals surface area contributed by atoms with Gasteiger partial charge in [-0.05, 0) is 74.2 Å². The van der Waals surface area contributed by atoms with Crippen LogP contribution in [0.2, 0.25) is 0 Å². The van der Waals surface area contributed by atoms with Gasteiger partial charge in [-0.15, -0.1) is 0 Å². The molecule has 1 aliphatic carbocycles. The maximum Gasteiger partial charge on any atom is 0.289 e. The normalized spacial score (nSPS) is 21.4. The van der Waals surface area contributed by atoms with Crippen LogP contribution in [0.4, 0.5) is 14.5 Å². The second kappa shape index (κ2) is 14.2. The number of fused-ring (bicyclic) bond motifs is 1. The Bertz CT molecular complexity index is 1520. The van der Waals surface area contributed by atoms with Crippen molar-refractivity contribution in [3.05, 3.63) is 107 Å². The van der Waals surface area contributed by atoms with E-state index in [-0.39, 0.29) is 47.9 Å². The fourth-order valence-electron chi connectivity index (χ4n) is 6.58. The molecule has 2 unspecified atom stereocenters. The largest absolute Gasteiger partial charge is 0.482 e. The number of anilines is 1. The zero-order chi connectivity index (χ0) is 31.2. The number of nitrogens with zero attached hydrogens (tertiary/aromatic N) is 3. The van der Waals surface area contributed by atoms with Crippen molar-refractivity contribution in [1.82, 2.24) is 15.1 Å². The number of nitrogens with one attached hydrogen (secondary N) is 1. The first kappa shape index (κ1) is 30.8. The van der Waals surface area contributed by atoms with Crippen LogP contribution in [0.1, 0.15) is 53.6 Å². The van der Waals surface area contributed by atoms with Crippen molar-refractivity contribution < 1.29 is 23.1 Å². The molecule has 1 N–H and O–H groups in total. The third-order valence-corrected chi connectivity index (χ3v) is 9.09. The molecule has 3 aliphatic rings. The summed E-state index contributed by atoms with van der Waals surface area (Å²) in [4.78, 5) is 32.5. The topological polar surface area (TPSA) is 65.1 Å². The lowest BCUT2D eigenvalue weighted by Gasteiger charge is -2.44. The number of benzene rings is 3. The highest BCUT2D eigenvalue weighted by molar-refractivity contribution is 5.97. The summed E-state index contributed by atoms with van der Waals surface area (Å²) in [7, 11) is 0. The Kier molecular flexibility index (Phi) is 9.74. The number of carbonyl (C=O) groups excluding carboxylic acids is 2. The van der Waals surface area contributed by atoms with Crippen LogP contribution in [0, 0.1) is 11.6 Å². The van der Waals surface area contributed by atoms with Crippen molar-refractivity contribution in [3.63, 3.8) is 0 Å². The van der Waals surface area contributed by atoms with E-state index in [1.165, 1.54) is 12.1 Å². The summed E-state index contributed by atoms with van der Waals surface area (Å²) in [6.07, 6.45) is 6.17. The molecule has 2 amide bonds. The summed E-state index contributed by atoms with van der Waals surface area (Å²) in [5, 5.41) is 3.00. The van der Waals surface area contributed by atoms with E-state index in [0.717, 1.165) is 70.4 Å². The molecule has 7 nitrogen and oxygen atoms in total. The number of piperazine rings is 1. The molecule has 2 aliphatic heterocycles. The quantitative estimate of drug-likeness (QED) is 0.251. The molecule has 3 aromatic rings. The highest BCUT2D eigenvalue weighted by Crippen LogP contribution is 2.34. The number of ether oxygens (including phenoxy) is 1. The molecule has 0 spiro atoms. The van der Waals surface area contributed by atoms with Crippen LogP contribution >= 0.6 is 0 Å². The minimum Gasteiger partial charge on any atom is -0.482 e. The van der Waals surface area contributed by atoms with Gasteiger partial charge in [0.05, 0.1) is 11.7 Å². The average molecular weight is 615 g/mol. The number of hydrogen-bond acceptors (Lipinski definition) is 5. The molecule has 1 saturated carbocycles. The standard InChI is InChI=1S/C36H40F2N4O3/c37-29-9-2-1-8-28(29)25-42-32-12-5-6-13-33(32)45-34(36(42)44)24-26-14-16-27(17-15-26)35(43)39-18-7-19-40-20-22-41(23-21-40)31-11-4-3-10-30(31)38/h1-4,8-11,14-17,24,32-33H,5-7,12-13,18-23,25H2,(H,39,43)/b34-24-. The van der Waals surface area contributed by atoms with Crippen LogP contribution in [-0.4, -0.2) is 73.0 Å². The lowest BCUT2D eigenvalue weighted by atomic mass is 9.89. The molecule has 9 heteroatoms. The first-order valence-electron chi connectivity index (χ1n) is 16.0. The van der Waals surface area contributed by atoms with Gasteiger partial charge in [0.15, 0.2) is 5.76 Å². The molecular weight excluding hydrogens is 574 g/mol. The van der Waals surface area contributed by atoms with Crippen molar-refractivity contribution in [2.45, 2.75) is 50.8 Å². The van der Waals surface area contributed by atoms with Crippen molar-refractivity contribution >= 4 is 23.6 Å². The maximum atomic E-state index is 14.5. The van der Waals surface area contributed by atoms with E-state index in [4.69, 9.17) is 4.74 Å². The number of amides is 2. The predicted molar refractivity (Wildman–Crippen MR) is 171 cm³/mol. The minimum atomic E-state index is -0.317. The van der Waals surface area contributed by atoms with Gasteiger partial charge < -0.3 is 19.9 Å². The van der Waals surface area contributed by atoms with Gasteiger partial charge >= 0.3 is 0 Å². The van der Waals surface area contributed by atoms with E-state index < -0.39 is 0 Å². The fraction of sp³-hybridized carbons (Fsp3) is 0.389. The molecule has 0 radical (unpaired) electrons. The Hall–Kier alpha value is -4.24. The van der Waals surface area contributed by atoms with Crippen LogP contribution < -0.4 is 10.2 Å². The van der Waals surface area contributed by atoms with Gasteiger partial charge in [-0.1, -0.05) is 48.9 Å². The van der Waals surface area contributed by atoms with Crippen molar-refractivity contribution in [2.75, 3.05) is 44.2 Å². The van der Waals surface area contributed by atoms with Gasteiger partial charge in [0.25, 0.3) is 11.8 Å². The molecule has 45 heavy (non-hydrogen) atoms. The van der Waals surface area contributed by atoms with Crippen LogP contribution in [-0.2, 0) is 16.1 Å². The van der Waals surface area contributed by atoms with Gasteiger partial charge in [-0.3, -0.25) is 14.5 Å². The average Bonchev–Trinajstić information content (AvgIpc) is 3.06. The second-order valence-electron chi connectivity index (χ2n) is 12.1. The second-order valence-corrected chi connectivity index (χ2v) is 12.1. The van der Waals surface area contributed by atoms with Gasteiger partial charge in [0, 0.05) is 50.4 Å².